The zero-order valence-corrected chi connectivity index (χ0v) is 28.9. The monoisotopic (exact) mass is 686 g/mol. The highest BCUT2D eigenvalue weighted by Crippen LogP contribution is 2.44. The van der Waals surface area contributed by atoms with Crippen LogP contribution >= 0.6 is 0 Å². The Hall–Kier alpha value is -5.82. The molecule has 52 heavy (non-hydrogen) atoms. The molecule has 0 saturated heterocycles. The van der Waals surface area contributed by atoms with Crippen LogP contribution in [0, 0.1) is 0 Å². The van der Waals surface area contributed by atoms with Gasteiger partial charge in [0.25, 0.3) is 11.8 Å². The highest BCUT2D eigenvalue weighted by atomic mass is 16.5. The SMILES string of the molecule is O=C(N(O)[C@@H]1CCCC[C@H]1N(O)C(=O)C(c1ccccc1)(c1ccccc1)c1ccccc1)C(c1ccccc1)(c1ccccc1)c1ccccc1. The molecule has 1 saturated carbocycles. The zero-order valence-electron chi connectivity index (χ0n) is 28.9. The number of hydrogen-bond donors (Lipinski definition) is 2. The molecule has 0 bridgehead atoms. The topological polar surface area (TPSA) is 81.1 Å². The lowest BCUT2D eigenvalue weighted by Crippen LogP contribution is -2.61. The van der Waals surface area contributed by atoms with Gasteiger partial charge in [-0.3, -0.25) is 20.0 Å². The average molecular weight is 687 g/mol. The van der Waals surface area contributed by atoms with E-state index in [-0.39, 0.29) is 0 Å². The quantitative estimate of drug-likeness (QED) is 0.0858. The van der Waals surface area contributed by atoms with Crippen molar-refractivity contribution in [3.05, 3.63) is 215 Å². The lowest BCUT2D eigenvalue weighted by Gasteiger charge is -2.45. The summed E-state index contributed by atoms with van der Waals surface area (Å²) in [7, 11) is 0. The summed E-state index contributed by atoms with van der Waals surface area (Å²) in [6, 6.07) is 55.1. The van der Waals surface area contributed by atoms with Crippen LogP contribution in [0.15, 0.2) is 182 Å². The molecule has 2 atom stereocenters. The molecule has 0 unspecified atom stereocenters. The van der Waals surface area contributed by atoms with Crippen LogP contribution < -0.4 is 0 Å². The Morgan fingerprint density at radius 1 is 0.385 bits per heavy atom. The third-order valence-electron chi connectivity index (χ3n) is 10.6. The van der Waals surface area contributed by atoms with Crippen molar-refractivity contribution in [2.24, 2.45) is 0 Å². The molecule has 0 heterocycles. The van der Waals surface area contributed by atoms with E-state index in [0.717, 1.165) is 10.1 Å². The van der Waals surface area contributed by atoms with Gasteiger partial charge >= 0.3 is 0 Å². The Kier molecular flexibility index (Phi) is 10.1. The fourth-order valence-electron chi connectivity index (χ4n) is 8.18. The molecule has 260 valence electrons. The molecule has 6 nitrogen and oxygen atoms in total. The highest BCUT2D eigenvalue weighted by Gasteiger charge is 2.52. The van der Waals surface area contributed by atoms with E-state index in [4.69, 9.17) is 0 Å². The molecule has 6 aromatic rings. The number of carbonyl (C=O) groups excluding carboxylic acids is 2. The van der Waals surface area contributed by atoms with Crippen LogP contribution in [0.5, 0.6) is 0 Å². The van der Waals surface area contributed by atoms with E-state index >= 15 is 9.59 Å². The maximum absolute atomic E-state index is 15.4. The first-order valence-electron chi connectivity index (χ1n) is 17.9. The van der Waals surface area contributed by atoms with E-state index in [1.807, 2.05) is 182 Å². The molecule has 0 spiro atoms. The summed E-state index contributed by atoms with van der Waals surface area (Å²) < 4.78 is 0. The van der Waals surface area contributed by atoms with Crippen LogP contribution in [-0.4, -0.2) is 44.4 Å². The maximum atomic E-state index is 15.4. The van der Waals surface area contributed by atoms with Gasteiger partial charge in [0.15, 0.2) is 0 Å². The van der Waals surface area contributed by atoms with Gasteiger partial charge in [-0.15, -0.1) is 0 Å². The van der Waals surface area contributed by atoms with E-state index in [2.05, 4.69) is 0 Å². The van der Waals surface area contributed by atoms with Crippen LogP contribution in [0.4, 0.5) is 0 Å². The molecule has 2 N–H and O–H groups in total. The molecule has 6 aromatic carbocycles. The number of hydroxylamine groups is 4. The van der Waals surface area contributed by atoms with E-state index in [9.17, 15) is 10.4 Å². The molecule has 0 aromatic heterocycles. The van der Waals surface area contributed by atoms with E-state index in [0.29, 0.717) is 59.1 Å². The Morgan fingerprint density at radius 2 is 0.577 bits per heavy atom. The van der Waals surface area contributed by atoms with Gasteiger partial charge in [0.1, 0.15) is 10.8 Å². The van der Waals surface area contributed by atoms with Crippen molar-refractivity contribution in [3.63, 3.8) is 0 Å². The van der Waals surface area contributed by atoms with E-state index in [1.54, 1.807) is 0 Å². The molecule has 2 amide bonds. The van der Waals surface area contributed by atoms with Crippen LogP contribution in [-0.2, 0) is 20.4 Å². The molecule has 6 heteroatoms. The summed E-state index contributed by atoms with van der Waals surface area (Å²) in [5.74, 6) is -1.12. The summed E-state index contributed by atoms with van der Waals surface area (Å²) in [5, 5.41) is 26.3. The van der Waals surface area contributed by atoms with Gasteiger partial charge in [0.2, 0.25) is 0 Å². The number of nitrogens with zero attached hydrogens (tertiary/aromatic N) is 2. The largest absolute Gasteiger partial charge is 0.286 e. The van der Waals surface area contributed by atoms with Gasteiger partial charge in [0.05, 0.1) is 12.1 Å². The van der Waals surface area contributed by atoms with Crippen LogP contribution in [0.3, 0.4) is 0 Å². The molecule has 0 aliphatic heterocycles. The number of amides is 2. The first-order chi connectivity index (χ1) is 25.5. The van der Waals surface area contributed by atoms with Gasteiger partial charge in [0, 0.05) is 0 Å². The van der Waals surface area contributed by atoms with Gasteiger partial charge in [-0.05, 0) is 46.2 Å². The molecule has 0 radical (unpaired) electrons. The van der Waals surface area contributed by atoms with Gasteiger partial charge in [-0.1, -0.05) is 195 Å². The molecular formula is C46H42N2O4. The Labute approximate surface area is 305 Å². The smallest absolute Gasteiger partial charge is 0.265 e. The summed E-state index contributed by atoms with van der Waals surface area (Å²) in [4.78, 5) is 30.7. The zero-order chi connectivity index (χ0) is 36.0. The number of hydrogen-bond acceptors (Lipinski definition) is 4. The molecular weight excluding hydrogens is 645 g/mol. The Balaban J connectivity index is 1.35. The van der Waals surface area contributed by atoms with Crippen molar-refractivity contribution in [1.29, 1.82) is 0 Å². The predicted octanol–water partition coefficient (Wildman–Crippen LogP) is 8.80. The van der Waals surface area contributed by atoms with Crippen molar-refractivity contribution in [1.82, 2.24) is 10.1 Å². The fourth-order valence-corrected chi connectivity index (χ4v) is 8.18. The lowest BCUT2D eigenvalue weighted by molar-refractivity contribution is -0.216. The molecule has 1 aliphatic carbocycles. The third kappa shape index (κ3) is 6.00. The van der Waals surface area contributed by atoms with Gasteiger partial charge < -0.3 is 0 Å². The number of rotatable bonds is 10. The number of carbonyl (C=O) groups is 2. The summed E-state index contributed by atoms with van der Waals surface area (Å²) >= 11 is 0. The van der Waals surface area contributed by atoms with Crippen molar-refractivity contribution in [2.45, 2.75) is 48.6 Å². The standard InChI is InChI=1S/C46H42N2O4/c49-43(45(35-21-7-1-8-22-35,36-23-9-2-10-24-36)37-25-11-3-12-26-37)47(51)41-33-19-20-34-42(41)48(52)44(50)46(38-27-13-4-14-28-38,39-29-15-5-16-30-39)40-31-17-6-18-32-40/h1-18,21-32,41-42,51-52H,19-20,33-34H2/t41-,42-/m1/s1. The van der Waals surface area contributed by atoms with E-state index in [1.165, 1.54) is 0 Å². The first-order valence-corrected chi connectivity index (χ1v) is 17.9. The van der Waals surface area contributed by atoms with Crippen molar-refractivity contribution >= 4 is 11.8 Å². The van der Waals surface area contributed by atoms with Crippen LogP contribution in [0.2, 0.25) is 0 Å². The van der Waals surface area contributed by atoms with Crippen LogP contribution in [0.25, 0.3) is 0 Å². The fraction of sp³-hybridized carbons (Fsp3) is 0.174. The first kappa shape index (κ1) is 34.6. The van der Waals surface area contributed by atoms with Gasteiger partial charge in [-0.25, -0.2) is 10.1 Å². The van der Waals surface area contributed by atoms with E-state index < -0.39 is 34.7 Å². The lowest BCUT2D eigenvalue weighted by atomic mass is 9.68. The van der Waals surface area contributed by atoms with Crippen molar-refractivity contribution < 1.29 is 20.0 Å². The van der Waals surface area contributed by atoms with Crippen molar-refractivity contribution in [2.75, 3.05) is 0 Å². The second-order valence-corrected chi connectivity index (χ2v) is 13.4. The minimum Gasteiger partial charge on any atom is -0.286 e. The van der Waals surface area contributed by atoms with Gasteiger partial charge in [-0.2, -0.15) is 0 Å². The second-order valence-electron chi connectivity index (χ2n) is 13.4. The summed E-state index contributed by atoms with van der Waals surface area (Å²) in [6.45, 7) is 0. The Bertz CT molecular complexity index is 1710. The maximum Gasteiger partial charge on any atom is 0.265 e. The highest BCUT2D eigenvalue weighted by molar-refractivity contribution is 5.97. The molecule has 1 fully saturated rings. The normalized spacial score (nSPS) is 16.1. The third-order valence-corrected chi connectivity index (χ3v) is 10.6. The minimum absolute atomic E-state index is 0.390. The molecule has 7 rings (SSSR count). The van der Waals surface area contributed by atoms with Crippen LogP contribution in [0.1, 0.15) is 59.1 Å². The number of benzene rings is 6. The molecule has 1 aliphatic rings. The van der Waals surface area contributed by atoms with Crippen molar-refractivity contribution in [3.8, 4) is 0 Å². The average Bonchev–Trinajstić information content (AvgIpc) is 3.23. The summed E-state index contributed by atoms with van der Waals surface area (Å²) in [5.41, 5.74) is 1.30. The Morgan fingerprint density at radius 3 is 0.769 bits per heavy atom. The summed E-state index contributed by atoms with van der Waals surface area (Å²) in [6.07, 6.45) is 2.20. The second kappa shape index (κ2) is 15.2. The minimum atomic E-state index is -1.42. The predicted molar refractivity (Wildman–Crippen MR) is 202 cm³/mol.